The molecule has 6 unspecified atom stereocenters. The second kappa shape index (κ2) is 38.1. The van der Waals surface area contributed by atoms with Gasteiger partial charge in [0.15, 0.2) is 74.3 Å². The van der Waals surface area contributed by atoms with Crippen LogP contribution in [-0.4, -0.2) is 313 Å². The van der Waals surface area contributed by atoms with Crippen LogP contribution in [0.4, 0.5) is 0 Å². The zero-order chi connectivity index (χ0) is 71.8. The third kappa shape index (κ3) is 26.1. The summed E-state index contributed by atoms with van der Waals surface area (Å²) >= 11 is 0.0277. The Balaban J connectivity index is 1.19. The number of ether oxygens (including phenoxy) is 17. The van der Waals surface area contributed by atoms with Crippen molar-refractivity contribution in [3.05, 3.63) is 0 Å². The maximum absolute atomic E-state index is 12.6. The second-order valence-electron chi connectivity index (χ2n) is 21.6. The van der Waals surface area contributed by atoms with Crippen LogP contribution in [0.25, 0.3) is 0 Å². The predicted molar refractivity (Wildman–Crippen MR) is 306 cm³/mol. The molecule has 6 fully saturated rings. The monoisotopic (exact) mass is 1560 g/mol. The maximum atomic E-state index is 12.6. The van der Waals surface area contributed by atoms with Crippen LogP contribution in [0.15, 0.2) is 0 Å². The molecule has 5 heterocycles. The molecule has 1 aliphatic carbocycles. The van der Waals surface area contributed by atoms with Crippen molar-refractivity contribution in [1.82, 2.24) is 0 Å². The van der Waals surface area contributed by atoms with E-state index < -0.39 is 243 Å². The molecule has 0 bridgehead atoms. The predicted octanol–water partition coefficient (Wildman–Crippen LogP) is -2.18. The lowest BCUT2D eigenvalue weighted by molar-refractivity contribution is -0.434. The Morgan fingerprint density at radius 3 is 0.897 bits per heavy atom. The van der Waals surface area contributed by atoms with Gasteiger partial charge < -0.3 is 80.5 Å². The molecule has 24 atom stereocenters. The van der Waals surface area contributed by atoms with E-state index >= 15 is 0 Å². The fourth-order valence-electron chi connectivity index (χ4n) is 11.5. The molecule has 5 saturated heterocycles. The first-order valence-electron chi connectivity index (χ1n) is 28.9. The van der Waals surface area contributed by atoms with Gasteiger partial charge >= 0.3 is 62.4 Å². The average Bonchev–Trinajstić information content (AvgIpc) is 0.783. The summed E-state index contributed by atoms with van der Waals surface area (Å²) in [5.41, 5.74) is 0. The summed E-state index contributed by atoms with van der Waals surface area (Å²) in [6, 6.07) is 0. The van der Waals surface area contributed by atoms with E-state index in [1.807, 2.05) is 0 Å². The first kappa shape index (κ1) is 84.7. The van der Waals surface area contributed by atoms with Crippen LogP contribution in [0.5, 0.6) is 0 Å². The van der Waals surface area contributed by atoms with Crippen molar-refractivity contribution < 1.29 is 202 Å². The molecule has 52 heteroatoms. The lowest BCUT2D eigenvalue weighted by Gasteiger charge is -2.48. The lowest BCUT2D eigenvalue weighted by atomic mass is 9.89. The summed E-state index contributed by atoms with van der Waals surface area (Å²) in [6.07, 6.45) is -37.5. The van der Waals surface area contributed by atoms with Gasteiger partial charge in [-0.25, -0.2) is 30.4 Å². The Morgan fingerprint density at radius 2 is 0.598 bits per heavy atom. The van der Waals surface area contributed by atoms with E-state index in [2.05, 4.69) is 16.3 Å². The van der Waals surface area contributed by atoms with Crippen LogP contribution in [0, 0.1) is 0 Å². The second-order valence-corrected chi connectivity index (χ2v) is 28.4. The quantitative estimate of drug-likeness (QED) is 0.0113. The Morgan fingerprint density at radius 1 is 0.340 bits per heavy atom. The number of hydrogen-bond acceptors (Lipinski definition) is 40. The zero-order valence-corrected chi connectivity index (χ0v) is 58.0. The summed E-state index contributed by atoms with van der Waals surface area (Å²) in [6.45, 7) is -1.44. The van der Waals surface area contributed by atoms with E-state index in [-0.39, 0.29) is 31.8 Å². The Hall–Kier alpha value is -1.27. The van der Waals surface area contributed by atoms with Gasteiger partial charge in [0.1, 0.15) is 73.2 Å². The summed E-state index contributed by atoms with van der Waals surface area (Å²) in [4.78, 5) is 0. The number of unbranched alkanes of at least 4 members (excludes halogenated alkanes) is 5. The highest BCUT2D eigenvalue weighted by atomic mass is 32.3. The molecule has 6 rings (SSSR count). The largest absolute Gasteiger partial charge is 0.397 e. The Kier molecular flexibility index (Phi) is 33.3. The third-order valence-corrected chi connectivity index (χ3v) is 18.6. The van der Waals surface area contributed by atoms with Gasteiger partial charge in [-0.3, -0.25) is 31.5 Å². The highest BCUT2D eigenvalue weighted by Gasteiger charge is 2.57. The van der Waals surface area contributed by atoms with Crippen molar-refractivity contribution >= 4 is 74.7 Å². The average molecular weight is 1570 g/mol. The summed E-state index contributed by atoms with van der Waals surface area (Å²) in [5, 5.41) is 11.9. The van der Waals surface area contributed by atoms with Gasteiger partial charge in [-0.1, -0.05) is 44.1 Å². The third-order valence-electron chi connectivity index (χ3n) is 15.3. The Labute approximate surface area is 562 Å². The molecule has 1 saturated carbocycles. The number of rotatable bonds is 40. The molecule has 45 nitrogen and oxygen atoms in total. The molecule has 5 aliphatic heterocycles. The molecule has 572 valence electrons. The number of hydrogen-bond donors (Lipinski definition) is 7. The summed E-state index contributed by atoms with van der Waals surface area (Å²) in [7, 11) is -26.7. The maximum Gasteiger partial charge on any atom is 0.397 e. The Bertz CT molecular complexity index is 3080. The van der Waals surface area contributed by atoms with Crippen LogP contribution < -0.4 is 0 Å². The minimum atomic E-state index is -5.62. The van der Waals surface area contributed by atoms with Gasteiger partial charge in [-0.2, -0.15) is 50.5 Å². The minimum absolute atomic E-state index is 0.0123. The normalized spacial score (nSPS) is 36.9. The zero-order valence-electron chi connectivity index (χ0n) is 52.3. The molecule has 97 heavy (non-hydrogen) atoms. The molecule has 0 aromatic carbocycles. The fraction of sp³-hybridized carbons (Fsp3) is 1.00. The summed E-state index contributed by atoms with van der Waals surface area (Å²) < 4.78 is 345. The van der Waals surface area contributed by atoms with E-state index in [0.29, 0.717) is 6.42 Å². The first-order valence-corrected chi connectivity index (χ1v) is 37.7. The topological polar surface area (TPSA) is 586 Å². The molecule has 0 radical (unpaired) electrons. The van der Waals surface area contributed by atoms with Gasteiger partial charge in [-0.05, 0) is 19.3 Å². The highest BCUT2D eigenvalue weighted by Crippen LogP contribution is 2.39. The van der Waals surface area contributed by atoms with Gasteiger partial charge in [0.05, 0.1) is 45.2 Å². The van der Waals surface area contributed by atoms with Crippen molar-refractivity contribution in [2.45, 2.75) is 206 Å². The van der Waals surface area contributed by atoms with Crippen LogP contribution >= 0.6 is 12.3 Å². The smallest absolute Gasteiger partial charge is 0.376 e. The van der Waals surface area contributed by atoms with E-state index in [1.165, 1.54) is 0 Å². The SMILES string of the molecule is CCCCCCCCO[C@@H]1CC[C@H](O[C@@H]2OC[C@H](O[C@@H]3OC[C@H](O[C@@H]4OC[C@H](O[C@@H]5OC[C@H](O[C@@H]6OC[C@H](OSOOO)[C@H](OC)C6OS(=O)(=O)O)[C@H](OC)C5OS(=O)(=O)O)[C@H](OC)C4OS(=O)(=O)O)[C@H](OC)C3OS(=O)(=O)O)[C@H](OC)C2OS(=O)(=O)O)[C@H](OC)C1OS(=O)(=O)O. The lowest BCUT2D eigenvalue weighted by Crippen LogP contribution is -2.65. The van der Waals surface area contributed by atoms with E-state index in [0.717, 1.165) is 74.8 Å². The summed E-state index contributed by atoms with van der Waals surface area (Å²) in [5.74, 6) is 0. The van der Waals surface area contributed by atoms with Crippen molar-refractivity contribution in [2.75, 3.05) is 82.3 Å². The van der Waals surface area contributed by atoms with Crippen LogP contribution in [-0.2, 0) is 182 Å². The highest BCUT2D eigenvalue weighted by molar-refractivity contribution is 7.89. The molecule has 6 aliphatic rings. The van der Waals surface area contributed by atoms with Gasteiger partial charge in [-0.15, -0.1) is 4.33 Å². The van der Waals surface area contributed by atoms with Crippen LogP contribution in [0.1, 0.15) is 58.3 Å². The molecular weight excluding hydrogens is 1480 g/mol. The minimum Gasteiger partial charge on any atom is -0.376 e. The molecule has 7 N–H and O–H groups in total. The van der Waals surface area contributed by atoms with Crippen LogP contribution in [0.2, 0.25) is 0 Å². The van der Waals surface area contributed by atoms with Crippen LogP contribution in [0.3, 0.4) is 0 Å². The number of methoxy groups -OCH3 is 6. The first-order chi connectivity index (χ1) is 45.5. The van der Waals surface area contributed by atoms with Gasteiger partial charge in [0.2, 0.25) is 0 Å². The van der Waals surface area contributed by atoms with Gasteiger partial charge in [0, 0.05) is 49.3 Å². The molecule has 0 aromatic heterocycles. The van der Waals surface area contributed by atoms with E-state index in [1.54, 1.807) is 0 Å². The molecular formula is C45H80O45S7. The molecule has 0 amide bonds. The fourth-order valence-corrected chi connectivity index (χ4v) is 14.7. The standard InChI is InChI=1S/C45H80O45S7/c1-8-9-10-11-12-13-16-71-22-14-15-23(29(65-2)35(22)83-92(47,48)49)77-41-36(84-93(50,51)52)30(66-3)24(17-72-41)78-42-37(85-94(53,54)55)31(67-4)25(18-73-42)79-43-38(86-95(56,57)58)32(68-5)26(19-74-43)80-44-39(87-96(59,60)61)33(69-6)27(20-75-44)81-45-40(88-97(62,63)64)34(70-7)28(21-76-45)82-91-90-89-46/h22-46H,8-21H2,1-7H3,(H,47,48,49)(H,50,51,52)(H,53,54,55)(H,56,57,58)(H,59,60,61)(H,62,63,64)/t22-,23+,24+,25+,26+,27+,28+,29+,30+,31+,32+,33+,34+,35?,36?,37?,38?,39?,40?,41+,42+,43+,44+,45+/m1/s1. The van der Waals surface area contributed by atoms with Crippen molar-refractivity contribution in [2.24, 2.45) is 0 Å². The van der Waals surface area contributed by atoms with E-state index in [9.17, 15) is 77.8 Å². The molecule has 0 spiro atoms. The van der Waals surface area contributed by atoms with Crippen molar-refractivity contribution in [1.29, 1.82) is 0 Å². The van der Waals surface area contributed by atoms with E-state index in [4.69, 9.17) is 115 Å². The van der Waals surface area contributed by atoms with Crippen molar-refractivity contribution in [3.8, 4) is 0 Å². The molecule has 0 aromatic rings. The van der Waals surface area contributed by atoms with Gasteiger partial charge in [0.25, 0.3) is 0 Å². The van der Waals surface area contributed by atoms with Crippen molar-refractivity contribution in [3.63, 3.8) is 0 Å².